The predicted molar refractivity (Wildman–Crippen MR) is 100 cm³/mol. The molecule has 1 amide bonds. The smallest absolute Gasteiger partial charge is 0.220 e. The molecule has 0 spiro atoms. The van der Waals surface area contributed by atoms with Gasteiger partial charge in [-0.15, -0.1) is 0 Å². The normalized spacial score (nSPS) is 19.7. The highest BCUT2D eigenvalue weighted by Crippen LogP contribution is 2.29. The number of aryl methyl sites for hydroxylation is 2. The van der Waals surface area contributed by atoms with Crippen LogP contribution >= 0.6 is 0 Å². The van der Waals surface area contributed by atoms with Crippen molar-refractivity contribution < 1.29 is 9.18 Å². The van der Waals surface area contributed by atoms with Gasteiger partial charge in [-0.25, -0.2) is 4.39 Å². The van der Waals surface area contributed by atoms with Crippen molar-refractivity contribution in [3.8, 4) is 0 Å². The van der Waals surface area contributed by atoms with Crippen LogP contribution in [0.1, 0.15) is 48.2 Å². The zero-order chi connectivity index (χ0) is 18.7. The van der Waals surface area contributed by atoms with Crippen LogP contribution in [0.15, 0.2) is 24.3 Å². The van der Waals surface area contributed by atoms with Crippen molar-refractivity contribution >= 4 is 5.91 Å². The van der Waals surface area contributed by atoms with Gasteiger partial charge in [-0.1, -0.05) is 18.6 Å². The van der Waals surface area contributed by atoms with Gasteiger partial charge in [-0.2, -0.15) is 5.10 Å². The van der Waals surface area contributed by atoms with Crippen LogP contribution in [-0.4, -0.2) is 21.7 Å². The van der Waals surface area contributed by atoms with E-state index in [1.807, 2.05) is 37.7 Å². The number of benzene rings is 1. The maximum absolute atomic E-state index is 13.1. The van der Waals surface area contributed by atoms with Gasteiger partial charge in [0.1, 0.15) is 5.82 Å². The van der Waals surface area contributed by atoms with E-state index in [1.54, 1.807) is 0 Å². The fraction of sp³-hybridized carbons (Fsp3) is 0.524. The van der Waals surface area contributed by atoms with Crippen molar-refractivity contribution in [3.05, 3.63) is 52.6 Å². The van der Waals surface area contributed by atoms with Crippen LogP contribution in [-0.2, 0) is 24.7 Å². The number of halogens is 1. The number of carbonyl (C=O) groups is 1. The van der Waals surface area contributed by atoms with E-state index >= 15 is 0 Å². The Morgan fingerprint density at radius 2 is 2.00 bits per heavy atom. The Bertz CT molecular complexity index is 766. The highest BCUT2D eigenvalue weighted by Gasteiger charge is 2.28. The maximum Gasteiger partial charge on any atom is 0.220 e. The molecule has 1 aromatic heterocycles. The second-order valence-electron chi connectivity index (χ2n) is 7.47. The molecule has 0 aliphatic heterocycles. The van der Waals surface area contributed by atoms with Crippen LogP contribution in [0.3, 0.4) is 0 Å². The van der Waals surface area contributed by atoms with Gasteiger partial charge in [0.2, 0.25) is 5.91 Å². The highest BCUT2D eigenvalue weighted by molar-refractivity contribution is 5.76. The number of aromatic nitrogens is 2. The van der Waals surface area contributed by atoms with E-state index in [1.165, 1.54) is 17.7 Å². The Balaban J connectivity index is 1.53. The minimum atomic E-state index is -0.203. The third-order valence-corrected chi connectivity index (χ3v) is 5.68. The minimum Gasteiger partial charge on any atom is -0.353 e. The Hall–Kier alpha value is -2.17. The molecule has 1 aliphatic rings. The molecule has 0 unspecified atom stereocenters. The number of amides is 1. The first-order chi connectivity index (χ1) is 12.4. The number of hydrogen-bond acceptors (Lipinski definition) is 2. The number of rotatable bonds is 6. The van der Waals surface area contributed by atoms with E-state index in [0.717, 1.165) is 49.1 Å². The molecule has 1 aromatic carbocycles. The number of hydrogen-bond donors (Lipinski definition) is 1. The van der Waals surface area contributed by atoms with Crippen molar-refractivity contribution in [2.24, 2.45) is 13.0 Å². The van der Waals surface area contributed by atoms with Crippen LogP contribution in [0.25, 0.3) is 0 Å². The molecule has 0 radical (unpaired) electrons. The lowest BCUT2D eigenvalue weighted by molar-refractivity contribution is -0.122. The van der Waals surface area contributed by atoms with Gasteiger partial charge in [-0.3, -0.25) is 9.48 Å². The molecule has 0 saturated heterocycles. The summed E-state index contributed by atoms with van der Waals surface area (Å²) in [5, 5.41) is 7.65. The summed E-state index contributed by atoms with van der Waals surface area (Å²) in [6, 6.07) is 6.94. The van der Waals surface area contributed by atoms with Gasteiger partial charge >= 0.3 is 0 Å². The first kappa shape index (κ1) is 18.6. The lowest BCUT2D eigenvalue weighted by atomic mass is 9.94. The zero-order valence-electron chi connectivity index (χ0n) is 15.9. The summed E-state index contributed by atoms with van der Waals surface area (Å²) in [5.41, 5.74) is 4.45. The lowest BCUT2D eigenvalue weighted by Gasteiger charge is -2.21. The molecule has 1 saturated carbocycles. The Morgan fingerprint density at radius 1 is 1.27 bits per heavy atom. The highest BCUT2D eigenvalue weighted by atomic mass is 19.1. The zero-order valence-corrected chi connectivity index (χ0v) is 15.9. The van der Waals surface area contributed by atoms with Gasteiger partial charge in [0.25, 0.3) is 0 Å². The fourth-order valence-electron chi connectivity index (χ4n) is 4.09. The monoisotopic (exact) mass is 357 g/mol. The van der Waals surface area contributed by atoms with E-state index in [2.05, 4.69) is 10.4 Å². The van der Waals surface area contributed by atoms with Gasteiger partial charge < -0.3 is 5.32 Å². The molecule has 5 heteroatoms. The third kappa shape index (κ3) is 4.32. The van der Waals surface area contributed by atoms with Crippen molar-refractivity contribution in [3.63, 3.8) is 0 Å². The van der Waals surface area contributed by atoms with E-state index in [0.29, 0.717) is 12.3 Å². The SMILES string of the molecule is Cc1nn(C)c(C)c1CCC(=O)N[C@H]1CCC[C@H]1Cc1ccc(F)cc1. The van der Waals surface area contributed by atoms with Crippen LogP contribution in [0.4, 0.5) is 4.39 Å². The van der Waals surface area contributed by atoms with E-state index in [4.69, 9.17) is 0 Å². The number of nitrogens with one attached hydrogen (secondary N) is 1. The molecule has 26 heavy (non-hydrogen) atoms. The maximum atomic E-state index is 13.1. The van der Waals surface area contributed by atoms with E-state index in [-0.39, 0.29) is 17.8 Å². The molecule has 1 fully saturated rings. The Kier molecular flexibility index (Phi) is 5.74. The molecule has 3 rings (SSSR count). The summed E-state index contributed by atoms with van der Waals surface area (Å²) in [7, 11) is 1.93. The Labute approximate surface area is 154 Å². The topological polar surface area (TPSA) is 46.9 Å². The van der Waals surface area contributed by atoms with Crippen molar-refractivity contribution in [2.45, 2.75) is 58.4 Å². The van der Waals surface area contributed by atoms with Crippen LogP contribution in [0, 0.1) is 25.6 Å². The molecule has 4 nitrogen and oxygen atoms in total. The predicted octanol–water partition coefficient (Wildman–Crippen LogP) is 3.64. The number of carbonyl (C=O) groups excluding carboxylic acids is 1. The van der Waals surface area contributed by atoms with Crippen LogP contribution in [0.5, 0.6) is 0 Å². The molecular weight excluding hydrogens is 329 g/mol. The molecule has 1 heterocycles. The third-order valence-electron chi connectivity index (χ3n) is 5.68. The van der Waals surface area contributed by atoms with Crippen LogP contribution < -0.4 is 5.32 Å². The average molecular weight is 357 g/mol. The fourth-order valence-corrected chi connectivity index (χ4v) is 4.09. The molecule has 0 bridgehead atoms. The summed E-state index contributed by atoms with van der Waals surface area (Å²) in [5.74, 6) is 0.348. The van der Waals surface area contributed by atoms with E-state index < -0.39 is 0 Å². The van der Waals surface area contributed by atoms with Gasteiger partial charge in [0.05, 0.1) is 5.69 Å². The molecule has 2 atom stereocenters. The summed E-state index contributed by atoms with van der Waals surface area (Å²) in [6.07, 6.45) is 5.40. The molecule has 1 N–H and O–H groups in total. The second-order valence-corrected chi connectivity index (χ2v) is 7.47. The first-order valence-electron chi connectivity index (χ1n) is 9.47. The van der Waals surface area contributed by atoms with Crippen molar-refractivity contribution in [1.29, 1.82) is 0 Å². The minimum absolute atomic E-state index is 0.114. The molecule has 1 aliphatic carbocycles. The summed E-state index contributed by atoms with van der Waals surface area (Å²) in [4.78, 5) is 12.5. The molecular formula is C21H28FN3O. The number of nitrogens with zero attached hydrogens (tertiary/aromatic N) is 2. The first-order valence-corrected chi connectivity index (χ1v) is 9.47. The summed E-state index contributed by atoms with van der Waals surface area (Å²) >= 11 is 0. The summed E-state index contributed by atoms with van der Waals surface area (Å²) < 4.78 is 14.9. The van der Waals surface area contributed by atoms with Crippen molar-refractivity contribution in [2.75, 3.05) is 0 Å². The van der Waals surface area contributed by atoms with Crippen molar-refractivity contribution in [1.82, 2.24) is 15.1 Å². The lowest BCUT2D eigenvalue weighted by Crippen LogP contribution is -2.38. The summed E-state index contributed by atoms with van der Waals surface area (Å²) in [6.45, 7) is 4.04. The average Bonchev–Trinajstić information content (AvgIpc) is 3.12. The largest absolute Gasteiger partial charge is 0.353 e. The van der Waals surface area contributed by atoms with Gasteiger partial charge in [0.15, 0.2) is 0 Å². The van der Waals surface area contributed by atoms with Gasteiger partial charge in [-0.05, 0) is 68.7 Å². The van der Waals surface area contributed by atoms with Crippen LogP contribution in [0.2, 0.25) is 0 Å². The molecule has 2 aromatic rings. The Morgan fingerprint density at radius 3 is 2.65 bits per heavy atom. The standard InChI is InChI=1S/C21H28FN3O/c1-14-19(15(2)25(3)24-14)11-12-21(26)23-20-6-4-5-17(20)13-16-7-9-18(22)10-8-16/h7-10,17,20H,4-6,11-13H2,1-3H3,(H,23,26)/t17-,20-/m0/s1. The quantitative estimate of drug-likeness (QED) is 0.858. The van der Waals surface area contributed by atoms with E-state index in [9.17, 15) is 9.18 Å². The van der Waals surface area contributed by atoms with Gasteiger partial charge in [0, 0.05) is 25.2 Å². The second kappa shape index (κ2) is 8.02. The molecule has 140 valence electrons.